The molecule has 1 aromatic rings. The first-order valence-corrected chi connectivity index (χ1v) is 5.68. The molecular weight excluding hydrogens is 279 g/mol. The van der Waals surface area contributed by atoms with Crippen molar-refractivity contribution in [3.63, 3.8) is 0 Å². The fourth-order valence-electron chi connectivity index (χ4n) is 2.08. The lowest BCUT2D eigenvalue weighted by molar-refractivity contribution is -0.0580. The summed E-state index contributed by atoms with van der Waals surface area (Å²) in [5.41, 5.74) is -3.12. The zero-order chi connectivity index (χ0) is 15.0. The topological polar surface area (TPSA) is 145 Å². The molecule has 4 unspecified atom stereocenters. The molecule has 0 aromatic carbocycles. The van der Waals surface area contributed by atoms with Gasteiger partial charge in [-0.3, -0.25) is 14.3 Å². The van der Waals surface area contributed by atoms with E-state index in [-0.39, 0.29) is 0 Å². The predicted octanol–water partition coefficient (Wildman–Crippen LogP) is -3.22. The second kappa shape index (κ2) is 5.42. The number of ether oxygens (including phenoxy) is 1. The zero-order valence-corrected chi connectivity index (χ0v) is 10.1. The van der Waals surface area contributed by atoms with E-state index in [1.807, 2.05) is 0 Å². The lowest BCUT2D eigenvalue weighted by Gasteiger charge is -2.20. The first-order chi connectivity index (χ1) is 9.42. The number of nitrogens with one attached hydrogen (secondary N) is 1. The third-order valence-electron chi connectivity index (χ3n) is 3.10. The number of nitrogens with zero attached hydrogens (tertiary/aromatic N) is 1. The second-order valence-electron chi connectivity index (χ2n) is 4.28. The molecule has 1 aliphatic heterocycles. The van der Waals surface area contributed by atoms with E-state index in [9.17, 15) is 24.2 Å². The molecule has 2 rings (SSSR count). The van der Waals surface area contributed by atoms with Gasteiger partial charge in [-0.1, -0.05) is 0 Å². The lowest BCUT2D eigenvalue weighted by atomic mass is 10.1. The van der Waals surface area contributed by atoms with Crippen molar-refractivity contribution in [1.29, 1.82) is 0 Å². The van der Waals surface area contributed by atoms with Crippen molar-refractivity contribution in [3.05, 3.63) is 32.3 Å². The molecule has 0 amide bonds. The van der Waals surface area contributed by atoms with Crippen molar-refractivity contribution in [2.75, 3.05) is 6.61 Å². The molecule has 20 heavy (non-hydrogen) atoms. The lowest BCUT2D eigenvalue weighted by Crippen LogP contribution is -2.41. The summed E-state index contributed by atoms with van der Waals surface area (Å²) in [4.78, 5) is 24.5. The number of hydrogen-bond donors (Lipinski definition) is 5. The quantitative estimate of drug-likeness (QED) is 0.394. The van der Waals surface area contributed by atoms with Crippen molar-refractivity contribution in [3.8, 4) is 0 Å². The fourth-order valence-corrected chi connectivity index (χ4v) is 2.08. The molecule has 0 spiro atoms. The number of rotatable bonds is 3. The number of aromatic nitrogens is 2. The van der Waals surface area contributed by atoms with Gasteiger partial charge in [-0.2, -0.15) is 4.39 Å². The largest absolute Gasteiger partial charge is 0.394 e. The van der Waals surface area contributed by atoms with Gasteiger partial charge in [0.1, 0.15) is 18.3 Å². The van der Waals surface area contributed by atoms with Gasteiger partial charge >= 0.3 is 5.69 Å². The number of H-pyrrole nitrogens is 1. The Labute approximate surface area is 110 Å². The van der Waals surface area contributed by atoms with E-state index >= 15 is 0 Å². The minimum absolute atomic E-state index is 0.500. The number of aliphatic hydroxyl groups excluding tert-OH is 4. The van der Waals surface area contributed by atoms with E-state index in [2.05, 4.69) is 0 Å². The molecule has 0 bridgehead atoms. The van der Waals surface area contributed by atoms with Crippen LogP contribution in [-0.2, 0) is 11.3 Å². The van der Waals surface area contributed by atoms with Gasteiger partial charge in [0.05, 0.1) is 18.9 Å². The van der Waals surface area contributed by atoms with Crippen molar-refractivity contribution in [2.45, 2.75) is 31.1 Å². The highest BCUT2D eigenvalue weighted by molar-refractivity contribution is 5.06. The number of hydrogen-bond acceptors (Lipinski definition) is 7. The Hall–Kier alpha value is -1.59. The molecule has 4 atom stereocenters. The summed E-state index contributed by atoms with van der Waals surface area (Å²) in [6.45, 7) is -1.62. The zero-order valence-electron chi connectivity index (χ0n) is 10.1. The number of aliphatic hydroxyl groups is 4. The maximum absolute atomic E-state index is 13.6. The normalized spacial score (nSPS) is 29.9. The summed E-state index contributed by atoms with van der Waals surface area (Å²) >= 11 is 0. The number of aromatic amines is 1. The summed E-state index contributed by atoms with van der Waals surface area (Å²) in [5.74, 6) is -1.40. The molecule has 9 nitrogen and oxygen atoms in total. The van der Waals surface area contributed by atoms with Gasteiger partial charge in [0.15, 0.2) is 6.23 Å². The van der Waals surface area contributed by atoms with E-state index < -0.39 is 60.5 Å². The maximum Gasteiger partial charge on any atom is 0.331 e. The molecule has 1 aromatic heterocycles. The van der Waals surface area contributed by atoms with Crippen molar-refractivity contribution in [1.82, 2.24) is 9.55 Å². The standard InChI is InChI=1S/C10H13FN2O7/c11-5-3(1-14)13(10(19)12-8(5)18)9-7(17)6(16)4(2-15)20-9/h4,6-7,9,14-17H,1-2H2,(H,12,18,19). The molecule has 1 fully saturated rings. The highest BCUT2D eigenvalue weighted by Gasteiger charge is 2.44. The van der Waals surface area contributed by atoms with Crippen LogP contribution in [0.4, 0.5) is 4.39 Å². The Kier molecular flexibility index (Phi) is 4.01. The van der Waals surface area contributed by atoms with Crippen LogP contribution in [-0.4, -0.2) is 54.9 Å². The summed E-state index contributed by atoms with van der Waals surface area (Å²) < 4.78 is 19.1. The highest BCUT2D eigenvalue weighted by Crippen LogP contribution is 2.29. The molecule has 0 radical (unpaired) electrons. The minimum atomic E-state index is -1.64. The third-order valence-corrected chi connectivity index (χ3v) is 3.10. The fraction of sp³-hybridized carbons (Fsp3) is 0.600. The van der Waals surface area contributed by atoms with Gasteiger partial charge in [-0.05, 0) is 0 Å². The second-order valence-corrected chi connectivity index (χ2v) is 4.28. The van der Waals surface area contributed by atoms with Crippen LogP contribution in [0, 0.1) is 5.82 Å². The van der Waals surface area contributed by atoms with E-state index in [0.717, 1.165) is 0 Å². The van der Waals surface area contributed by atoms with Crippen LogP contribution in [0.5, 0.6) is 0 Å². The van der Waals surface area contributed by atoms with Crippen molar-refractivity contribution < 1.29 is 29.6 Å². The van der Waals surface area contributed by atoms with Gasteiger partial charge in [0.25, 0.3) is 5.56 Å². The van der Waals surface area contributed by atoms with Crippen molar-refractivity contribution >= 4 is 0 Å². The van der Waals surface area contributed by atoms with Crippen LogP contribution in [0.2, 0.25) is 0 Å². The average molecular weight is 292 g/mol. The van der Waals surface area contributed by atoms with Gasteiger partial charge in [-0.15, -0.1) is 0 Å². The molecular formula is C10H13FN2O7. The highest BCUT2D eigenvalue weighted by atomic mass is 19.1. The van der Waals surface area contributed by atoms with Crippen LogP contribution in [0.25, 0.3) is 0 Å². The first-order valence-electron chi connectivity index (χ1n) is 5.68. The summed E-state index contributed by atoms with van der Waals surface area (Å²) in [5, 5.41) is 37.4. The van der Waals surface area contributed by atoms with Crippen LogP contribution < -0.4 is 11.2 Å². The Morgan fingerprint density at radius 1 is 1.25 bits per heavy atom. The first kappa shape index (κ1) is 14.8. The molecule has 5 N–H and O–H groups in total. The maximum atomic E-state index is 13.6. The minimum Gasteiger partial charge on any atom is -0.394 e. The Morgan fingerprint density at radius 3 is 2.40 bits per heavy atom. The van der Waals surface area contributed by atoms with Gasteiger partial charge < -0.3 is 25.2 Å². The molecule has 2 heterocycles. The molecule has 0 saturated carbocycles. The Balaban J connectivity index is 2.57. The van der Waals surface area contributed by atoms with Crippen LogP contribution in [0.15, 0.2) is 9.59 Å². The van der Waals surface area contributed by atoms with Gasteiger partial charge in [0, 0.05) is 0 Å². The van der Waals surface area contributed by atoms with Gasteiger partial charge in [0.2, 0.25) is 5.82 Å². The molecule has 1 saturated heterocycles. The summed E-state index contributed by atoms with van der Waals surface area (Å²) in [6, 6.07) is 0. The van der Waals surface area contributed by atoms with E-state index in [0.29, 0.717) is 4.57 Å². The van der Waals surface area contributed by atoms with E-state index in [1.54, 1.807) is 4.98 Å². The smallest absolute Gasteiger partial charge is 0.331 e. The Morgan fingerprint density at radius 2 is 1.90 bits per heavy atom. The van der Waals surface area contributed by atoms with Crippen LogP contribution in [0.3, 0.4) is 0 Å². The summed E-state index contributed by atoms with van der Waals surface area (Å²) in [6.07, 6.45) is -5.86. The Bertz CT molecular complexity index is 613. The van der Waals surface area contributed by atoms with Crippen molar-refractivity contribution in [2.24, 2.45) is 0 Å². The van der Waals surface area contributed by atoms with Gasteiger partial charge in [-0.25, -0.2) is 4.79 Å². The summed E-state index contributed by atoms with van der Waals surface area (Å²) in [7, 11) is 0. The molecule has 0 aliphatic carbocycles. The molecule has 112 valence electrons. The van der Waals surface area contributed by atoms with Crippen LogP contribution >= 0.6 is 0 Å². The van der Waals surface area contributed by atoms with E-state index in [4.69, 9.17) is 14.9 Å². The average Bonchev–Trinajstić information content (AvgIpc) is 2.70. The monoisotopic (exact) mass is 292 g/mol. The predicted molar refractivity (Wildman–Crippen MR) is 60.2 cm³/mol. The third kappa shape index (κ3) is 2.17. The number of halogens is 1. The molecule has 10 heteroatoms. The molecule has 1 aliphatic rings. The van der Waals surface area contributed by atoms with E-state index in [1.165, 1.54) is 0 Å². The SMILES string of the molecule is O=c1[nH]c(=O)n(C2OC(CO)C(O)C2O)c(CO)c1F. The van der Waals surface area contributed by atoms with Crippen LogP contribution in [0.1, 0.15) is 11.9 Å².